The molecule has 4 aromatic rings. The maximum atomic E-state index is 12.3. The van der Waals surface area contributed by atoms with Crippen LogP contribution in [0.2, 0.25) is 0 Å². The van der Waals surface area contributed by atoms with Gasteiger partial charge in [0, 0.05) is 37.7 Å². The molecule has 0 radical (unpaired) electrons. The Labute approximate surface area is 355 Å². The Hall–Kier alpha value is -3.10. The summed E-state index contributed by atoms with van der Waals surface area (Å²) in [5, 5.41) is 39.5. The molecule has 54 heavy (non-hydrogen) atoms. The van der Waals surface area contributed by atoms with Gasteiger partial charge < -0.3 is 50.4 Å². The fourth-order valence-corrected chi connectivity index (χ4v) is 5.63. The number of nitrogens with zero attached hydrogens (tertiary/aromatic N) is 6. The zero-order valence-corrected chi connectivity index (χ0v) is 35.6. The van der Waals surface area contributed by atoms with Gasteiger partial charge in [0.25, 0.3) is 0 Å². The molecule has 20 nitrogen and oxygen atoms in total. The number of rotatable bonds is 18. The number of aliphatic hydroxyl groups excluding tert-OH is 3. The van der Waals surface area contributed by atoms with Gasteiger partial charge in [-0.15, -0.1) is 0 Å². The molecule has 0 saturated carbocycles. The van der Waals surface area contributed by atoms with E-state index in [-0.39, 0.29) is 142 Å². The van der Waals surface area contributed by atoms with Gasteiger partial charge in [-0.25, -0.2) is 16.8 Å². The van der Waals surface area contributed by atoms with Gasteiger partial charge in [-0.2, -0.15) is 29.9 Å². The van der Waals surface area contributed by atoms with Gasteiger partial charge in [0.15, 0.2) is 5.82 Å². The molecule has 2 aromatic carbocycles. The van der Waals surface area contributed by atoms with Crippen molar-refractivity contribution in [1.82, 2.24) is 29.9 Å². The van der Waals surface area contributed by atoms with Crippen LogP contribution in [0.5, 0.6) is 6.01 Å². The van der Waals surface area contributed by atoms with Crippen LogP contribution in [0.1, 0.15) is 30.8 Å². The summed E-state index contributed by atoms with van der Waals surface area (Å²) in [6.45, 7) is 3.49. The first kappa shape index (κ1) is 47.1. The molecular formula is C30H36N10Na2O10S2. The molecule has 2 atom stereocenters. The summed E-state index contributed by atoms with van der Waals surface area (Å²) < 4.78 is 78.8. The molecule has 0 fully saturated rings. The van der Waals surface area contributed by atoms with Gasteiger partial charge in [0.05, 0.1) is 16.9 Å². The first-order chi connectivity index (χ1) is 24.6. The summed E-state index contributed by atoms with van der Waals surface area (Å²) in [6.07, 6.45) is 2.32. The van der Waals surface area contributed by atoms with Gasteiger partial charge in [0.1, 0.15) is 26.8 Å². The van der Waals surface area contributed by atoms with Crippen molar-refractivity contribution < 1.29 is 105 Å². The van der Waals surface area contributed by atoms with Crippen molar-refractivity contribution in [1.29, 1.82) is 0 Å². The van der Waals surface area contributed by atoms with E-state index in [1.165, 1.54) is 31.4 Å². The molecule has 4 rings (SSSR count). The summed E-state index contributed by atoms with van der Waals surface area (Å²) >= 11 is 0. The van der Waals surface area contributed by atoms with E-state index >= 15 is 0 Å². The van der Waals surface area contributed by atoms with E-state index in [2.05, 4.69) is 51.2 Å². The van der Waals surface area contributed by atoms with Gasteiger partial charge in [-0.3, -0.25) is 0 Å². The molecule has 280 valence electrons. The van der Waals surface area contributed by atoms with Crippen LogP contribution in [0.15, 0.2) is 46.2 Å². The molecule has 24 heteroatoms. The van der Waals surface area contributed by atoms with E-state index < -0.39 is 36.6 Å². The summed E-state index contributed by atoms with van der Waals surface area (Å²) in [7, 11) is -8.87. The topological polar surface area (TPSA) is 310 Å². The van der Waals surface area contributed by atoms with Crippen LogP contribution in [-0.2, 0) is 26.8 Å². The van der Waals surface area contributed by atoms with Crippen LogP contribution in [0.4, 0.5) is 35.2 Å². The minimum atomic E-state index is -5.10. The van der Waals surface area contributed by atoms with Crippen molar-refractivity contribution in [3.8, 4) is 6.01 Å². The Morgan fingerprint density at radius 2 is 1.09 bits per heavy atom. The molecule has 0 amide bonds. The Morgan fingerprint density at radius 1 is 0.685 bits per heavy atom. The Bertz CT molecular complexity index is 1990. The average Bonchev–Trinajstić information content (AvgIpc) is 3.11. The number of aromatic nitrogens is 6. The zero-order valence-electron chi connectivity index (χ0n) is 30.0. The molecule has 0 aliphatic heterocycles. The number of aliphatic hydroxyl groups is 3. The van der Waals surface area contributed by atoms with Crippen molar-refractivity contribution in [3.05, 3.63) is 53.3 Å². The molecule has 2 aromatic heterocycles. The number of hydrogen-bond acceptors (Lipinski definition) is 20. The van der Waals surface area contributed by atoms with Crippen LogP contribution in [0.3, 0.4) is 0 Å². The van der Waals surface area contributed by atoms with Crippen LogP contribution in [0.25, 0.3) is 12.2 Å². The van der Waals surface area contributed by atoms with Crippen LogP contribution in [-0.4, -0.2) is 105 Å². The maximum Gasteiger partial charge on any atom is 1.00 e. The SMILES string of the molecule is COc1nc(NCC(C)CO)nc(Nc2ccc(C=Cc3ccc(Nc4nc(CO)nc(NCC(C)CO)n4)cc3S(=O)(=O)[O-])c(S(=O)(=O)[O-])c2)n1.[Na+].[Na+]. The first-order valence-corrected chi connectivity index (χ1v) is 18.2. The van der Waals surface area contributed by atoms with Crippen molar-refractivity contribution in [2.75, 3.05) is 54.7 Å². The van der Waals surface area contributed by atoms with Crippen LogP contribution >= 0.6 is 0 Å². The fraction of sp³-hybridized carbons (Fsp3) is 0.333. The van der Waals surface area contributed by atoms with Crippen molar-refractivity contribution in [2.24, 2.45) is 11.8 Å². The molecule has 2 unspecified atom stereocenters. The van der Waals surface area contributed by atoms with Gasteiger partial charge in [0.2, 0.25) is 23.8 Å². The van der Waals surface area contributed by atoms with Gasteiger partial charge >= 0.3 is 65.1 Å². The van der Waals surface area contributed by atoms with Gasteiger partial charge in [-0.05, 0) is 47.2 Å². The quantitative estimate of drug-likeness (QED) is 0.0282. The minimum absolute atomic E-state index is 0. The van der Waals surface area contributed by atoms with E-state index in [1.807, 2.05) is 0 Å². The minimum Gasteiger partial charge on any atom is -0.744 e. The van der Waals surface area contributed by atoms with Crippen LogP contribution < -0.4 is 85.1 Å². The van der Waals surface area contributed by atoms with E-state index in [0.29, 0.717) is 13.1 Å². The monoisotopic (exact) mass is 806 g/mol. The summed E-state index contributed by atoms with van der Waals surface area (Å²) in [5.74, 6) is -0.240. The number of anilines is 6. The summed E-state index contributed by atoms with van der Waals surface area (Å²) in [6, 6.07) is 7.31. The maximum absolute atomic E-state index is 12.3. The molecule has 0 spiro atoms. The van der Waals surface area contributed by atoms with Gasteiger partial charge in [-0.1, -0.05) is 38.1 Å². The Balaban J connectivity index is 0.00000504. The van der Waals surface area contributed by atoms with E-state index in [4.69, 9.17) is 4.74 Å². The number of benzene rings is 2. The molecule has 2 heterocycles. The zero-order chi connectivity index (χ0) is 38.1. The second kappa shape index (κ2) is 21.3. The number of ether oxygens (including phenoxy) is 1. The average molecular weight is 807 g/mol. The molecule has 0 bridgehead atoms. The number of hydrogen-bond donors (Lipinski definition) is 7. The molecule has 0 aliphatic carbocycles. The molecule has 7 N–H and O–H groups in total. The molecule has 0 aliphatic rings. The van der Waals surface area contributed by atoms with E-state index in [1.54, 1.807) is 13.8 Å². The predicted octanol–water partition coefficient (Wildman–Crippen LogP) is -4.89. The first-order valence-electron chi connectivity index (χ1n) is 15.4. The second-order valence-electron chi connectivity index (χ2n) is 11.4. The van der Waals surface area contributed by atoms with Crippen molar-refractivity contribution in [2.45, 2.75) is 30.2 Å². The Morgan fingerprint density at radius 3 is 1.50 bits per heavy atom. The molecular weight excluding hydrogens is 771 g/mol. The van der Waals surface area contributed by atoms with Crippen molar-refractivity contribution in [3.63, 3.8) is 0 Å². The third kappa shape index (κ3) is 13.9. The third-order valence-electron chi connectivity index (χ3n) is 6.98. The number of methoxy groups -OCH3 is 1. The fourth-order valence-electron chi connectivity index (χ4n) is 4.24. The smallest absolute Gasteiger partial charge is 0.744 e. The largest absolute Gasteiger partial charge is 1.00 e. The second-order valence-corrected chi connectivity index (χ2v) is 14.1. The number of nitrogens with one attached hydrogen (secondary N) is 4. The van der Waals surface area contributed by atoms with E-state index in [9.17, 15) is 41.3 Å². The van der Waals surface area contributed by atoms with Crippen molar-refractivity contribution >= 4 is 67.6 Å². The summed E-state index contributed by atoms with van der Waals surface area (Å²) in [4.78, 5) is 23.2. The predicted molar refractivity (Wildman–Crippen MR) is 186 cm³/mol. The summed E-state index contributed by atoms with van der Waals surface area (Å²) in [5.41, 5.74) is -0.0813. The normalized spacial score (nSPS) is 12.6. The van der Waals surface area contributed by atoms with Crippen LogP contribution in [0, 0.1) is 11.8 Å². The standard InChI is InChI=1S/C30H38N10O10S2.2Na/c1-17(14-41)12-31-26-35-25(16-43)36-28(37-26)33-21-8-6-19(23(10-21)51(44,45)46)4-5-20-7-9-22(11-24(20)52(47,48)49)34-29-38-27(32-13-18(2)15-42)39-30(40-29)50-3;;/h4-11,17-18,41-43H,12-16H2,1-3H3,(H,44,45,46)(H,47,48,49)(H2,31,33,35,36,37)(H2,32,34,38,39,40);;/q;2*+1/p-2. The van der Waals surface area contributed by atoms with E-state index in [0.717, 1.165) is 24.3 Å². The molecule has 0 saturated heterocycles. The third-order valence-corrected chi connectivity index (χ3v) is 8.77. The Kier molecular flexibility index (Phi) is 18.5.